The van der Waals surface area contributed by atoms with Crippen molar-refractivity contribution >= 4 is 23.6 Å². The number of benzene rings is 1. The van der Waals surface area contributed by atoms with Gasteiger partial charge in [-0.2, -0.15) is 0 Å². The summed E-state index contributed by atoms with van der Waals surface area (Å²) in [5.41, 5.74) is 1.66. The normalized spacial score (nSPS) is 10.8. The van der Waals surface area contributed by atoms with E-state index in [1.165, 1.54) is 13.0 Å². The summed E-state index contributed by atoms with van der Waals surface area (Å²) < 4.78 is 0. The molecule has 0 spiro atoms. The lowest BCUT2D eigenvalue weighted by Crippen LogP contribution is -2.23. The van der Waals surface area contributed by atoms with Crippen LogP contribution in [0.15, 0.2) is 30.3 Å². The monoisotopic (exact) mass is 274 g/mol. The van der Waals surface area contributed by atoms with Gasteiger partial charge < -0.3 is 10.6 Å². The van der Waals surface area contributed by atoms with Crippen molar-refractivity contribution < 1.29 is 9.59 Å². The molecule has 2 N–H and O–H groups in total. The van der Waals surface area contributed by atoms with Gasteiger partial charge in [-0.05, 0) is 36.1 Å². The van der Waals surface area contributed by atoms with Crippen LogP contribution >= 0.6 is 0 Å². The summed E-state index contributed by atoms with van der Waals surface area (Å²) in [5, 5.41) is 5.53. The first kappa shape index (κ1) is 16.0. The number of nitrogens with one attached hydrogen (secondary N) is 2. The van der Waals surface area contributed by atoms with E-state index >= 15 is 0 Å². The van der Waals surface area contributed by atoms with Crippen LogP contribution in [0, 0.1) is 5.92 Å². The predicted octanol–water partition coefficient (Wildman–Crippen LogP) is 2.82. The molecule has 0 saturated carbocycles. The first-order chi connectivity index (χ1) is 9.47. The summed E-state index contributed by atoms with van der Waals surface area (Å²) in [5.74, 6) is 0.398. The first-order valence-corrected chi connectivity index (χ1v) is 6.81. The van der Waals surface area contributed by atoms with Crippen LogP contribution in [0.5, 0.6) is 0 Å². The minimum atomic E-state index is -0.0992. The third-order valence-electron chi connectivity index (χ3n) is 2.68. The molecule has 1 aromatic rings. The molecule has 0 fully saturated rings. The molecule has 0 aromatic heterocycles. The molecule has 0 saturated heterocycles. The van der Waals surface area contributed by atoms with Crippen molar-refractivity contribution in [3.63, 3.8) is 0 Å². The molecule has 4 nitrogen and oxygen atoms in total. The van der Waals surface area contributed by atoms with Gasteiger partial charge >= 0.3 is 0 Å². The van der Waals surface area contributed by atoms with E-state index in [2.05, 4.69) is 24.5 Å². The second kappa shape index (κ2) is 8.15. The van der Waals surface area contributed by atoms with Gasteiger partial charge in [0.15, 0.2) is 0 Å². The molecular formula is C16H22N2O2. The Bertz CT molecular complexity index is 476. The van der Waals surface area contributed by atoms with Gasteiger partial charge in [0.1, 0.15) is 0 Å². The summed E-state index contributed by atoms with van der Waals surface area (Å²) in [7, 11) is 0. The SMILES string of the molecule is CC(=O)Nc1ccc(/C=C/C(=O)NCCC(C)C)cc1. The van der Waals surface area contributed by atoms with Crippen molar-refractivity contribution in [1.29, 1.82) is 0 Å². The molecule has 108 valence electrons. The maximum atomic E-state index is 11.6. The summed E-state index contributed by atoms with van der Waals surface area (Å²) in [6.07, 6.45) is 4.25. The van der Waals surface area contributed by atoms with Crippen LogP contribution in [0.1, 0.15) is 32.8 Å². The number of amides is 2. The largest absolute Gasteiger partial charge is 0.353 e. The smallest absolute Gasteiger partial charge is 0.243 e. The highest BCUT2D eigenvalue weighted by atomic mass is 16.2. The number of carbonyl (C=O) groups is 2. The van der Waals surface area contributed by atoms with Crippen molar-refractivity contribution in [3.05, 3.63) is 35.9 Å². The molecule has 1 aromatic carbocycles. The average Bonchev–Trinajstić information content (AvgIpc) is 2.37. The number of anilines is 1. The molecule has 2 amide bonds. The third kappa shape index (κ3) is 6.73. The highest BCUT2D eigenvalue weighted by Crippen LogP contribution is 2.10. The predicted molar refractivity (Wildman–Crippen MR) is 82.2 cm³/mol. The van der Waals surface area contributed by atoms with Crippen LogP contribution < -0.4 is 10.6 Å². The summed E-state index contributed by atoms with van der Waals surface area (Å²) in [6.45, 7) is 6.41. The molecule has 0 aliphatic heterocycles. The van der Waals surface area contributed by atoms with Gasteiger partial charge in [-0.3, -0.25) is 9.59 Å². The Morgan fingerprint density at radius 3 is 2.40 bits per heavy atom. The summed E-state index contributed by atoms with van der Waals surface area (Å²) in [6, 6.07) is 7.31. The highest BCUT2D eigenvalue weighted by Gasteiger charge is 1.98. The summed E-state index contributed by atoms with van der Waals surface area (Å²) >= 11 is 0. The van der Waals surface area contributed by atoms with E-state index in [9.17, 15) is 9.59 Å². The number of hydrogen-bond acceptors (Lipinski definition) is 2. The Hall–Kier alpha value is -2.10. The van der Waals surface area contributed by atoms with Gasteiger partial charge in [0.2, 0.25) is 11.8 Å². The molecule has 0 aliphatic carbocycles. The third-order valence-corrected chi connectivity index (χ3v) is 2.68. The topological polar surface area (TPSA) is 58.2 Å². The van der Waals surface area contributed by atoms with Crippen LogP contribution in [-0.2, 0) is 9.59 Å². The lowest BCUT2D eigenvalue weighted by atomic mass is 10.1. The van der Waals surface area contributed by atoms with Gasteiger partial charge in [0.25, 0.3) is 0 Å². The van der Waals surface area contributed by atoms with Gasteiger partial charge in [0.05, 0.1) is 0 Å². The van der Waals surface area contributed by atoms with Crippen molar-refractivity contribution in [2.75, 3.05) is 11.9 Å². The van der Waals surface area contributed by atoms with E-state index in [4.69, 9.17) is 0 Å². The quantitative estimate of drug-likeness (QED) is 0.784. The van der Waals surface area contributed by atoms with E-state index < -0.39 is 0 Å². The fraction of sp³-hybridized carbons (Fsp3) is 0.375. The maximum absolute atomic E-state index is 11.6. The molecule has 0 bridgehead atoms. The molecule has 0 atom stereocenters. The fourth-order valence-electron chi connectivity index (χ4n) is 1.60. The molecule has 1 rings (SSSR count). The van der Waals surface area contributed by atoms with Crippen molar-refractivity contribution in [2.45, 2.75) is 27.2 Å². The molecule has 0 aliphatic rings. The molecule has 0 heterocycles. The van der Waals surface area contributed by atoms with Crippen LogP contribution in [0.2, 0.25) is 0 Å². The van der Waals surface area contributed by atoms with E-state index in [1.54, 1.807) is 18.2 Å². The van der Waals surface area contributed by atoms with Gasteiger partial charge in [0, 0.05) is 25.2 Å². The fourth-order valence-corrected chi connectivity index (χ4v) is 1.60. The van der Waals surface area contributed by atoms with Gasteiger partial charge in [-0.15, -0.1) is 0 Å². The standard InChI is InChI=1S/C16H22N2O2/c1-12(2)10-11-17-16(20)9-6-14-4-7-15(8-5-14)18-13(3)19/h4-9,12H,10-11H2,1-3H3,(H,17,20)(H,18,19)/b9-6+. The average molecular weight is 274 g/mol. The van der Waals surface area contributed by atoms with Crippen LogP contribution in [0.3, 0.4) is 0 Å². The Balaban J connectivity index is 2.45. The van der Waals surface area contributed by atoms with E-state index in [0.717, 1.165) is 17.7 Å². The zero-order valence-corrected chi connectivity index (χ0v) is 12.3. The molecule has 20 heavy (non-hydrogen) atoms. The Morgan fingerprint density at radius 1 is 1.20 bits per heavy atom. The number of carbonyl (C=O) groups excluding carboxylic acids is 2. The van der Waals surface area contributed by atoms with E-state index in [-0.39, 0.29) is 11.8 Å². The number of rotatable bonds is 6. The maximum Gasteiger partial charge on any atom is 0.243 e. The van der Waals surface area contributed by atoms with Crippen LogP contribution in [0.25, 0.3) is 6.08 Å². The second-order valence-electron chi connectivity index (χ2n) is 5.11. The Kier molecular flexibility index (Phi) is 6.50. The van der Waals surface area contributed by atoms with E-state index in [0.29, 0.717) is 12.5 Å². The minimum Gasteiger partial charge on any atom is -0.353 e. The van der Waals surface area contributed by atoms with Crippen LogP contribution in [-0.4, -0.2) is 18.4 Å². The summed E-state index contributed by atoms with van der Waals surface area (Å²) in [4.78, 5) is 22.4. The van der Waals surface area contributed by atoms with Gasteiger partial charge in [-0.25, -0.2) is 0 Å². The minimum absolute atomic E-state index is 0.0865. The Morgan fingerprint density at radius 2 is 1.85 bits per heavy atom. The Labute approximate surface area is 120 Å². The lowest BCUT2D eigenvalue weighted by molar-refractivity contribution is -0.116. The molecule has 0 unspecified atom stereocenters. The molecule has 0 radical (unpaired) electrons. The molecular weight excluding hydrogens is 252 g/mol. The van der Waals surface area contributed by atoms with Crippen molar-refractivity contribution in [3.8, 4) is 0 Å². The molecule has 4 heteroatoms. The van der Waals surface area contributed by atoms with Crippen molar-refractivity contribution in [2.24, 2.45) is 5.92 Å². The van der Waals surface area contributed by atoms with Crippen molar-refractivity contribution in [1.82, 2.24) is 5.32 Å². The van der Waals surface area contributed by atoms with E-state index in [1.807, 2.05) is 12.1 Å². The zero-order chi connectivity index (χ0) is 15.0. The zero-order valence-electron chi connectivity index (χ0n) is 12.3. The van der Waals surface area contributed by atoms with Gasteiger partial charge in [-0.1, -0.05) is 26.0 Å². The highest BCUT2D eigenvalue weighted by molar-refractivity contribution is 5.92. The lowest BCUT2D eigenvalue weighted by Gasteiger charge is -2.04. The second-order valence-corrected chi connectivity index (χ2v) is 5.11. The number of hydrogen-bond donors (Lipinski definition) is 2. The van der Waals surface area contributed by atoms with Crippen LogP contribution in [0.4, 0.5) is 5.69 Å². The first-order valence-electron chi connectivity index (χ1n) is 6.81.